The summed E-state index contributed by atoms with van der Waals surface area (Å²) < 4.78 is 11.1. The summed E-state index contributed by atoms with van der Waals surface area (Å²) in [7, 11) is -3.67. The average Bonchev–Trinajstić information content (AvgIpc) is 2.33. The number of amides is 1. The molecular formula is C11H24N2O7P+. The summed E-state index contributed by atoms with van der Waals surface area (Å²) in [6.45, 7) is 3.80. The molecule has 21 heavy (non-hydrogen) atoms. The predicted octanol–water partition coefficient (Wildman–Crippen LogP) is -1.12. The minimum absolute atomic E-state index is 0.00297. The topological polar surface area (TPSA) is 150 Å². The molecule has 9 nitrogen and oxygen atoms in total. The zero-order valence-corrected chi connectivity index (χ0v) is 13.2. The van der Waals surface area contributed by atoms with Gasteiger partial charge in [-0.15, -0.1) is 0 Å². The Bertz CT molecular complexity index is 409. The number of hydrogen-bond donors (Lipinski definition) is 4. The van der Waals surface area contributed by atoms with Crippen LogP contribution in [-0.4, -0.2) is 63.0 Å². The van der Waals surface area contributed by atoms with Crippen LogP contribution in [0.1, 0.15) is 20.3 Å². The zero-order valence-electron chi connectivity index (χ0n) is 12.3. The van der Waals surface area contributed by atoms with E-state index in [2.05, 4.69) is 5.32 Å². The van der Waals surface area contributed by atoms with E-state index in [9.17, 15) is 24.5 Å². The summed E-state index contributed by atoms with van der Waals surface area (Å²) in [5.41, 5.74) is 0. The minimum atomic E-state index is -3.67. The maximum absolute atomic E-state index is 11.8. The lowest BCUT2D eigenvalue weighted by Crippen LogP contribution is -2.44. The Kier molecular flexibility index (Phi) is 8.05. The molecule has 0 aliphatic carbocycles. The molecule has 0 radical (unpaired) electrons. The van der Waals surface area contributed by atoms with Gasteiger partial charge < -0.3 is 15.1 Å². The van der Waals surface area contributed by atoms with E-state index in [0.717, 1.165) is 6.66 Å². The fourth-order valence-corrected chi connectivity index (χ4v) is 1.99. The third-order valence-electron chi connectivity index (χ3n) is 2.72. The number of carbonyl (C=O) groups excluding carboxylic acids is 2. The van der Waals surface area contributed by atoms with Crippen LogP contribution in [0.25, 0.3) is 0 Å². The molecule has 0 aromatic rings. The molecule has 3 atom stereocenters. The Morgan fingerprint density at radius 3 is 2.29 bits per heavy atom. The van der Waals surface area contributed by atoms with Crippen LogP contribution in [0.2, 0.25) is 0 Å². The number of hydrogen-bond acceptors (Lipinski definition) is 6. The van der Waals surface area contributed by atoms with Gasteiger partial charge >= 0.3 is 5.97 Å². The lowest BCUT2D eigenvalue weighted by molar-refractivity contribution is -0.177. The van der Waals surface area contributed by atoms with Gasteiger partial charge in [-0.1, -0.05) is 13.8 Å². The lowest BCUT2D eigenvalue weighted by atomic mass is 9.96. The van der Waals surface area contributed by atoms with Gasteiger partial charge in [0.25, 0.3) is 5.91 Å². The second kappa shape index (κ2) is 8.45. The van der Waals surface area contributed by atoms with Crippen molar-refractivity contribution in [3.05, 3.63) is 0 Å². The van der Waals surface area contributed by atoms with E-state index < -0.39 is 37.7 Å². The Morgan fingerprint density at radius 2 is 1.90 bits per heavy atom. The summed E-state index contributed by atoms with van der Waals surface area (Å²) in [5, 5.41) is 28.5. The first-order valence-electron chi connectivity index (χ1n) is 6.41. The highest BCUT2D eigenvalue weighted by Gasteiger charge is 2.36. The van der Waals surface area contributed by atoms with Crippen LogP contribution in [0.4, 0.5) is 0 Å². The number of nitrogens with zero attached hydrogens (tertiary/aromatic N) is 1. The van der Waals surface area contributed by atoms with Gasteiger partial charge in [-0.3, -0.25) is 19.9 Å². The summed E-state index contributed by atoms with van der Waals surface area (Å²) in [6.07, 6.45) is 0.141. The molecule has 6 N–H and O–H groups in total. The second-order valence-electron chi connectivity index (χ2n) is 5.32. The van der Waals surface area contributed by atoms with Crippen molar-refractivity contribution in [3.63, 3.8) is 0 Å². The van der Waals surface area contributed by atoms with Crippen molar-refractivity contribution in [1.29, 1.82) is 0 Å². The molecule has 0 saturated carbocycles. The fraction of sp³-hybridized carbons (Fsp3) is 0.818. The van der Waals surface area contributed by atoms with Crippen LogP contribution in [-0.2, 0) is 14.2 Å². The van der Waals surface area contributed by atoms with E-state index in [4.69, 9.17) is 10.00 Å². The average molecular weight is 327 g/mol. The highest BCUT2D eigenvalue weighted by atomic mass is 31.2. The van der Waals surface area contributed by atoms with E-state index in [0.29, 0.717) is 0 Å². The Hall–Kier alpha value is -0.990. The zero-order chi connectivity index (χ0) is 16.8. The van der Waals surface area contributed by atoms with E-state index in [1.54, 1.807) is 13.8 Å². The van der Waals surface area contributed by atoms with Crippen molar-refractivity contribution in [2.75, 3.05) is 19.9 Å². The number of aliphatic hydroxyl groups is 1. The maximum atomic E-state index is 11.8. The smallest absolute Gasteiger partial charge is 0.528 e. The standard InChI is InChI=1S/C11H23N2O7P/c1-7(2)4-8(11(16)17)10(15)13(18)6-12-5-9(14)21(3,19)20/h7-9,12,14,18H,4-6H2,1-3H3,(H,16,17)(H,19,20)/p+1. The molecule has 0 aromatic heterocycles. The second-order valence-corrected chi connectivity index (χ2v) is 7.80. The SMILES string of the molecule is CC(C)CC(C(=O)[OH2+])C(=O)N(O)CNCC(O)P(C)(=O)O. The largest absolute Gasteiger partial charge is 0.564 e. The molecule has 10 heteroatoms. The van der Waals surface area contributed by atoms with E-state index in [1.807, 2.05) is 0 Å². The van der Waals surface area contributed by atoms with Gasteiger partial charge in [0, 0.05) is 18.0 Å². The molecule has 0 aromatic carbocycles. The van der Waals surface area contributed by atoms with Gasteiger partial charge in [-0.25, -0.2) is 5.06 Å². The molecule has 3 unspecified atom stereocenters. The van der Waals surface area contributed by atoms with E-state index >= 15 is 0 Å². The summed E-state index contributed by atoms with van der Waals surface area (Å²) >= 11 is 0. The van der Waals surface area contributed by atoms with Gasteiger partial charge in [-0.05, 0) is 12.3 Å². The highest BCUT2D eigenvalue weighted by molar-refractivity contribution is 7.57. The molecule has 0 rings (SSSR count). The van der Waals surface area contributed by atoms with Crippen LogP contribution >= 0.6 is 7.37 Å². The monoisotopic (exact) mass is 327 g/mol. The normalized spacial score (nSPS) is 17.1. The molecule has 124 valence electrons. The molecule has 0 aliphatic heterocycles. The third kappa shape index (κ3) is 7.54. The molecule has 1 amide bonds. The fourth-order valence-electron chi connectivity index (χ4n) is 1.52. The summed E-state index contributed by atoms with van der Waals surface area (Å²) in [6, 6.07) is 0. The van der Waals surface area contributed by atoms with Crippen molar-refractivity contribution in [2.45, 2.75) is 26.1 Å². The van der Waals surface area contributed by atoms with Crippen LogP contribution < -0.4 is 5.32 Å². The Labute approximate surface area is 123 Å². The first-order chi connectivity index (χ1) is 9.46. The number of aliphatic hydroxyl groups excluding tert-OH is 1. The maximum Gasteiger partial charge on any atom is 0.528 e. The van der Waals surface area contributed by atoms with E-state index in [1.165, 1.54) is 0 Å². The molecule has 0 fully saturated rings. The Morgan fingerprint density at radius 1 is 1.38 bits per heavy atom. The summed E-state index contributed by atoms with van der Waals surface area (Å²) in [4.78, 5) is 32.0. The van der Waals surface area contributed by atoms with Crippen molar-refractivity contribution in [3.8, 4) is 0 Å². The molecule has 0 bridgehead atoms. The van der Waals surface area contributed by atoms with Crippen LogP contribution in [0.3, 0.4) is 0 Å². The van der Waals surface area contributed by atoms with E-state index in [-0.39, 0.29) is 23.9 Å². The number of rotatable bonds is 9. The van der Waals surface area contributed by atoms with Gasteiger partial charge in [0.05, 0.1) is 6.67 Å². The van der Waals surface area contributed by atoms with Gasteiger partial charge in [0.1, 0.15) is 5.85 Å². The van der Waals surface area contributed by atoms with Crippen molar-refractivity contribution < 1.29 is 34.5 Å². The number of carbonyl (C=O) groups is 2. The van der Waals surface area contributed by atoms with Crippen LogP contribution in [0, 0.1) is 11.8 Å². The Balaban J connectivity index is 4.43. The van der Waals surface area contributed by atoms with Gasteiger partial charge in [-0.2, -0.15) is 0 Å². The summed E-state index contributed by atoms with van der Waals surface area (Å²) in [5.74, 6) is -4.78. The third-order valence-corrected chi connectivity index (χ3v) is 4.01. The first kappa shape index (κ1) is 20.0. The first-order valence-corrected chi connectivity index (χ1v) is 8.58. The molecular weight excluding hydrogens is 303 g/mol. The molecule has 0 spiro atoms. The van der Waals surface area contributed by atoms with Crippen LogP contribution in [0.15, 0.2) is 0 Å². The lowest BCUT2D eigenvalue weighted by Gasteiger charge is -2.20. The quantitative estimate of drug-likeness (QED) is 0.105. The molecule has 0 aliphatic rings. The van der Waals surface area contributed by atoms with Crippen LogP contribution in [0.5, 0.6) is 0 Å². The predicted molar refractivity (Wildman–Crippen MR) is 74.8 cm³/mol. The molecule has 0 heterocycles. The number of nitrogens with one attached hydrogen (secondary N) is 1. The van der Waals surface area contributed by atoms with Gasteiger partial charge in [0.2, 0.25) is 7.37 Å². The van der Waals surface area contributed by atoms with Crippen molar-refractivity contribution >= 4 is 19.2 Å². The van der Waals surface area contributed by atoms with Crippen molar-refractivity contribution in [2.24, 2.45) is 11.8 Å². The van der Waals surface area contributed by atoms with Gasteiger partial charge in [0.15, 0.2) is 5.92 Å². The minimum Gasteiger partial charge on any atom is -0.564 e. The molecule has 0 saturated heterocycles. The number of hydroxylamine groups is 2. The highest BCUT2D eigenvalue weighted by Crippen LogP contribution is 2.39. The van der Waals surface area contributed by atoms with Crippen molar-refractivity contribution in [1.82, 2.24) is 10.4 Å².